The van der Waals surface area contributed by atoms with Crippen molar-refractivity contribution in [3.63, 3.8) is 0 Å². The molecule has 0 aliphatic carbocycles. The van der Waals surface area contributed by atoms with Crippen LogP contribution in [0.3, 0.4) is 0 Å². The van der Waals surface area contributed by atoms with Gasteiger partial charge in [-0.25, -0.2) is 0 Å². The molecule has 0 bridgehead atoms. The lowest BCUT2D eigenvalue weighted by atomic mass is 10.2. The second-order valence-corrected chi connectivity index (χ2v) is 6.34. The lowest BCUT2D eigenvalue weighted by molar-refractivity contribution is -0.134. The Kier molecular flexibility index (Phi) is 14.2. The molecule has 1 saturated heterocycles. The summed E-state index contributed by atoms with van der Waals surface area (Å²) in [6.45, 7) is 11.5. The highest BCUT2D eigenvalue weighted by Crippen LogP contribution is 2.03. The molecule has 2 rings (SSSR count). The Bertz CT molecular complexity index is 554. The molecule has 1 heterocycles. The van der Waals surface area contributed by atoms with E-state index in [4.69, 9.17) is 11.5 Å². The number of rotatable bonds is 5. The average Bonchev–Trinajstić information content (AvgIpc) is 2.74. The van der Waals surface area contributed by atoms with E-state index in [0.717, 1.165) is 13.1 Å². The van der Waals surface area contributed by atoms with Crippen LogP contribution in [0, 0.1) is 0 Å². The molecule has 7 heteroatoms. The van der Waals surface area contributed by atoms with E-state index in [9.17, 15) is 9.59 Å². The lowest BCUT2D eigenvalue weighted by Crippen LogP contribution is -2.49. The molecular weight excluding hydrogens is 354 g/mol. The first-order valence-electron chi connectivity index (χ1n) is 9.31. The molecule has 156 valence electrons. The minimum absolute atomic E-state index is 0.0734. The second kappa shape index (κ2) is 15.6. The van der Waals surface area contributed by atoms with Crippen LogP contribution < -0.4 is 11.5 Å². The summed E-state index contributed by atoms with van der Waals surface area (Å²) < 4.78 is 0. The molecule has 1 aromatic rings. The number of likely N-dealkylation sites (N-methyl/N-ethyl adjacent to an activating group) is 1. The predicted octanol–water partition coefficient (Wildman–Crippen LogP) is 0.681. The zero-order valence-electron chi connectivity index (χ0n) is 17.2. The van der Waals surface area contributed by atoms with Gasteiger partial charge in [0.1, 0.15) is 0 Å². The van der Waals surface area contributed by atoms with Gasteiger partial charge < -0.3 is 26.2 Å². The molecule has 0 spiro atoms. The molecule has 1 aliphatic heterocycles. The Labute approximate surface area is 169 Å². The number of hydrogen-bond donors (Lipinski definition) is 2. The summed E-state index contributed by atoms with van der Waals surface area (Å²) in [6.07, 6.45) is 2.59. The largest absolute Gasteiger partial charge is 0.336 e. The maximum Gasteiger partial charge on any atom is 0.246 e. The second-order valence-electron chi connectivity index (χ2n) is 6.34. The topological polar surface area (TPSA) is 95.9 Å². The fraction of sp³-hybridized carbons (Fsp3) is 0.429. The maximum absolute atomic E-state index is 11.2. The molecule has 0 radical (unpaired) electrons. The van der Waals surface area contributed by atoms with Crippen molar-refractivity contribution in [2.24, 2.45) is 11.5 Å². The Balaban J connectivity index is 0.000000439. The van der Waals surface area contributed by atoms with E-state index in [1.54, 1.807) is 9.80 Å². The number of carbonyl (C=O) groups is 2. The van der Waals surface area contributed by atoms with Crippen LogP contribution in [0.15, 0.2) is 55.6 Å². The molecule has 0 saturated carbocycles. The molecule has 7 nitrogen and oxygen atoms in total. The van der Waals surface area contributed by atoms with Crippen molar-refractivity contribution < 1.29 is 9.59 Å². The first kappa shape index (κ1) is 25.5. The van der Waals surface area contributed by atoms with Gasteiger partial charge in [-0.15, -0.1) is 0 Å². The highest BCUT2D eigenvalue weighted by atomic mass is 16.2. The fourth-order valence-electron chi connectivity index (χ4n) is 2.28. The van der Waals surface area contributed by atoms with Gasteiger partial charge in [-0.2, -0.15) is 0 Å². The predicted molar refractivity (Wildman–Crippen MR) is 115 cm³/mol. The van der Waals surface area contributed by atoms with Gasteiger partial charge >= 0.3 is 0 Å². The quantitative estimate of drug-likeness (QED) is 0.722. The van der Waals surface area contributed by atoms with E-state index in [-0.39, 0.29) is 11.8 Å². The zero-order valence-corrected chi connectivity index (χ0v) is 17.2. The Morgan fingerprint density at radius 3 is 1.61 bits per heavy atom. The molecule has 1 aromatic carbocycles. The van der Waals surface area contributed by atoms with Gasteiger partial charge in [0.25, 0.3) is 0 Å². The first-order chi connectivity index (χ1) is 13.4. The summed E-state index contributed by atoms with van der Waals surface area (Å²) in [4.78, 5) is 27.8. The summed E-state index contributed by atoms with van der Waals surface area (Å²) in [5.74, 6) is -0.147. The van der Waals surface area contributed by atoms with Gasteiger partial charge in [0.05, 0.1) is 0 Å². The lowest BCUT2D eigenvalue weighted by Gasteiger charge is -2.33. The van der Waals surface area contributed by atoms with Crippen molar-refractivity contribution in [1.82, 2.24) is 14.7 Å². The van der Waals surface area contributed by atoms with E-state index in [1.807, 2.05) is 44.4 Å². The number of hydrogen-bond acceptors (Lipinski definition) is 5. The Hall–Kier alpha value is -2.48. The third-order valence-corrected chi connectivity index (χ3v) is 3.91. The first-order valence-corrected chi connectivity index (χ1v) is 9.31. The molecule has 0 unspecified atom stereocenters. The monoisotopic (exact) mass is 389 g/mol. The normalized spacial score (nSPS) is 12.9. The standard InChI is InChI=1S/C10H14N2O2.C7H9N.C4H12N2/c1-3-9(13)11-5-7-12(8-6-11)10(14)4-2;8-6-7-4-2-1-3-5-7;1-6(2)4-3-5/h3-4H,1-2,5-8H2;1-5H,6,8H2;3-5H2,1-2H3. The van der Waals surface area contributed by atoms with E-state index >= 15 is 0 Å². The van der Waals surface area contributed by atoms with E-state index < -0.39 is 0 Å². The van der Waals surface area contributed by atoms with Crippen LogP contribution >= 0.6 is 0 Å². The highest BCUT2D eigenvalue weighted by molar-refractivity contribution is 5.88. The molecular formula is C21H35N5O2. The number of nitrogens with two attached hydrogens (primary N) is 2. The van der Waals surface area contributed by atoms with E-state index in [1.165, 1.54) is 17.7 Å². The minimum Gasteiger partial charge on any atom is -0.336 e. The van der Waals surface area contributed by atoms with Crippen LogP contribution in [0.2, 0.25) is 0 Å². The van der Waals surface area contributed by atoms with Crippen LogP contribution in [0.25, 0.3) is 0 Å². The van der Waals surface area contributed by atoms with Crippen LogP contribution in [-0.4, -0.2) is 79.9 Å². The summed E-state index contributed by atoms with van der Waals surface area (Å²) >= 11 is 0. The molecule has 1 fully saturated rings. The number of benzene rings is 1. The van der Waals surface area contributed by atoms with Crippen molar-refractivity contribution in [2.75, 3.05) is 53.4 Å². The van der Waals surface area contributed by atoms with Gasteiger partial charge in [0, 0.05) is 45.8 Å². The summed E-state index contributed by atoms with van der Waals surface area (Å²) in [6, 6.07) is 9.99. The van der Waals surface area contributed by atoms with Crippen molar-refractivity contribution in [2.45, 2.75) is 6.54 Å². The summed E-state index contributed by atoms with van der Waals surface area (Å²) in [7, 11) is 4.01. The highest BCUT2D eigenvalue weighted by Gasteiger charge is 2.20. The van der Waals surface area contributed by atoms with E-state index in [2.05, 4.69) is 18.1 Å². The van der Waals surface area contributed by atoms with E-state index in [0.29, 0.717) is 32.7 Å². The summed E-state index contributed by atoms with van der Waals surface area (Å²) in [5, 5.41) is 0. The minimum atomic E-state index is -0.0734. The van der Waals surface area contributed by atoms with Crippen LogP contribution in [0.1, 0.15) is 5.56 Å². The molecule has 1 aliphatic rings. The zero-order chi connectivity index (χ0) is 21.4. The third kappa shape index (κ3) is 11.3. The number of nitrogens with zero attached hydrogens (tertiary/aromatic N) is 3. The summed E-state index contributed by atoms with van der Waals surface area (Å²) in [5.41, 5.74) is 11.7. The Morgan fingerprint density at radius 2 is 1.39 bits per heavy atom. The third-order valence-electron chi connectivity index (χ3n) is 3.91. The number of amides is 2. The Morgan fingerprint density at radius 1 is 0.964 bits per heavy atom. The fourth-order valence-corrected chi connectivity index (χ4v) is 2.28. The molecule has 0 atom stereocenters. The van der Waals surface area contributed by atoms with Crippen molar-refractivity contribution in [3.8, 4) is 0 Å². The average molecular weight is 390 g/mol. The van der Waals surface area contributed by atoms with Crippen LogP contribution in [0.4, 0.5) is 0 Å². The van der Waals surface area contributed by atoms with Crippen molar-refractivity contribution in [3.05, 3.63) is 61.2 Å². The smallest absolute Gasteiger partial charge is 0.246 e. The molecule has 28 heavy (non-hydrogen) atoms. The van der Waals surface area contributed by atoms with Gasteiger partial charge in [-0.05, 0) is 31.8 Å². The SMILES string of the molecule is C=CC(=O)N1CCN(C(=O)C=C)CC1.CN(C)CCN.NCc1ccccc1. The molecule has 0 aromatic heterocycles. The van der Waals surface area contributed by atoms with Gasteiger partial charge in [0.15, 0.2) is 0 Å². The van der Waals surface area contributed by atoms with Crippen LogP contribution in [0.5, 0.6) is 0 Å². The molecule has 2 amide bonds. The molecule has 4 N–H and O–H groups in total. The number of piperazine rings is 1. The maximum atomic E-state index is 11.2. The van der Waals surface area contributed by atoms with Gasteiger partial charge in [0.2, 0.25) is 11.8 Å². The number of carbonyl (C=O) groups excluding carboxylic acids is 2. The van der Waals surface area contributed by atoms with Crippen molar-refractivity contribution in [1.29, 1.82) is 0 Å². The van der Waals surface area contributed by atoms with Crippen molar-refractivity contribution >= 4 is 11.8 Å². The van der Waals surface area contributed by atoms with Gasteiger partial charge in [-0.3, -0.25) is 9.59 Å². The van der Waals surface area contributed by atoms with Gasteiger partial charge in [-0.1, -0.05) is 43.5 Å². The van der Waals surface area contributed by atoms with Crippen LogP contribution in [-0.2, 0) is 16.1 Å².